The van der Waals surface area contributed by atoms with Crippen molar-refractivity contribution in [3.63, 3.8) is 0 Å². The third-order valence-corrected chi connectivity index (χ3v) is 4.83. The van der Waals surface area contributed by atoms with Gasteiger partial charge in [0.2, 0.25) is 0 Å². The average molecular weight is 323 g/mol. The minimum atomic E-state index is -0.340. The van der Waals surface area contributed by atoms with Crippen LogP contribution in [0, 0.1) is 0 Å². The number of piperidine rings is 1. The van der Waals surface area contributed by atoms with Gasteiger partial charge >= 0.3 is 0 Å². The summed E-state index contributed by atoms with van der Waals surface area (Å²) in [4.78, 5) is 12.5. The fraction of sp³-hybridized carbons (Fsp3) is 0.350. The van der Waals surface area contributed by atoms with E-state index in [1.165, 1.54) is 0 Å². The van der Waals surface area contributed by atoms with Crippen molar-refractivity contribution < 1.29 is 14.3 Å². The number of ketones is 1. The van der Waals surface area contributed by atoms with E-state index in [1.807, 2.05) is 48.5 Å². The quantitative estimate of drug-likeness (QED) is 0.941. The molecule has 0 bridgehead atoms. The van der Waals surface area contributed by atoms with E-state index in [4.69, 9.17) is 9.47 Å². The monoisotopic (exact) mass is 323 g/mol. The predicted octanol–water partition coefficient (Wildman–Crippen LogP) is 3.35. The van der Waals surface area contributed by atoms with Gasteiger partial charge in [0.15, 0.2) is 5.78 Å². The van der Waals surface area contributed by atoms with Crippen molar-refractivity contribution in [2.24, 2.45) is 0 Å². The summed E-state index contributed by atoms with van der Waals surface area (Å²) in [5.41, 5.74) is 1.45. The van der Waals surface area contributed by atoms with Crippen molar-refractivity contribution in [3.8, 4) is 11.5 Å². The van der Waals surface area contributed by atoms with Crippen LogP contribution in [0.1, 0.15) is 35.2 Å². The Hall–Kier alpha value is -2.33. The van der Waals surface area contributed by atoms with Crippen LogP contribution >= 0.6 is 0 Å². The van der Waals surface area contributed by atoms with Gasteiger partial charge in [0, 0.05) is 18.9 Å². The van der Waals surface area contributed by atoms with Crippen molar-refractivity contribution in [1.82, 2.24) is 5.32 Å². The number of hydrogen-bond acceptors (Lipinski definition) is 4. The van der Waals surface area contributed by atoms with Gasteiger partial charge in [-0.05, 0) is 30.8 Å². The summed E-state index contributed by atoms with van der Waals surface area (Å²) in [5, 5.41) is 3.33. The maximum atomic E-state index is 12.5. The number of rotatable bonds is 3. The topological polar surface area (TPSA) is 47.6 Å². The van der Waals surface area contributed by atoms with Gasteiger partial charge in [-0.1, -0.05) is 30.3 Å². The summed E-state index contributed by atoms with van der Waals surface area (Å²) in [6, 6.07) is 15.6. The van der Waals surface area contributed by atoms with Crippen LogP contribution in [0.25, 0.3) is 0 Å². The van der Waals surface area contributed by atoms with Crippen LogP contribution in [0.5, 0.6) is 11.5 Å². The highest BCUT2D eigenvalue weighted by Gasteiger charge is 2.41. The summed E-state index contributed by atoms with van der Waals surface area (Å²) in [7, 11) is 0. The highest BCUT2D eigenvalue weighted by molar-refractivity contribution is 6.00. The third kappa shape index (κ3) is 3.02. The molecule has 0 unspecified atom stereocenters. The molecule has 0 radical (unpaired) electrons. The van der Waals surface area contributed by atoms with Gasteiger partial charge in [-0.2, -0.15) is 0 Å². The van der Waals surface area contributed by atoms with Gasteiger partial charge in [0.25, 0.3) is 0 Å². The molecule has 0 saturated carbocycles. The lowest BCUT2D eigenvalue weighted by molar-refractivity contribution is 0.0185. The van der Waals surface area contributed by atoms with Crippen LogP contribution in [0.15, 0.2) is 48.5 Å². The van der Waals surface area contributed by atoms with E-state index in [1.54, 1.807) is 0 Å². The Labute approximate surface area is 141 Å². The van der Waals surface area contributed by atoms with E-state index in [-0.39, 0.29) is 11.4 Å². The number of fused-ring (bicyclic) bond motifs is 1. The lowest BCUT2D eigenvalue weighted by Crippen LogP contribution is -2.49. The molecular weight excluding hydrogens is 302 g/mol. The normalized spacial score (nSPS) is 18.8. The number of hydrogen-bond donors (Lipinski definition) is 1. The third-order valence-electron chi connectivity index (χ3n) is 4.83. The number of Topliss-reactive ketones (excluding diaryl/α,β-unsaturated/α-hetero) is 1. The molecule has 1 fully saturated rings. The maximum absolute atomic E-state index is 12.5. The first-order valence-corrected chi connectivity index (χ1v) is 8.48. The Kier molecular flexibility index (Phi) is 3.98. The zero-order valence-electron chi connectivity index (χ0n) is 13.6. The molecule has 0 amide bonds. The van der Waals surface area contributed by atoms with Crippen molar-refractivity contribution in [2.45, 2.75) is 31.5 Å². The molecule has 2 aromatic carbocycles. The van der Waals surface area contributed by atoms with E-state index in [9.17, 15) is 4.79 Å². The molecule has 24 heavy (non-hydrogen) atoms. The summed E-state index contributed by atoms with van der Waals surface area (Å²) in [6.07, 6.45) is 2.21. The zero-order valence-corrected chi connectivity index (χ0v) is 13.6. The molecule has 1 saturated heterocycles. The minimum absolute atomic E-state index is 0.174. The summed E-state index contributed by atoms with van der Waals surface area (Å²) in [5.74, 6) is 1.57. The molecular formula is C20H21NO3. The number of carbonyl (C=O) groups is 1. The lowest BCUT2D eigenvalue weighted by Gasteiger charge is -2.40. The first-order chi connectivity index (χ1) is 11.7. The van der Waals surface area contributed by atoms with E-state index >= 15 is 0 Å². The van der Waals surface area contributed by atoms with Crippen LogP contribution in [-0.2, 0) is 6.61 Å². The molecule has 2 aliphatic rings. The Morgan fingerprint density at radius 2 is 1.88 bits per heavy atom. The molecule has 1 N–H and O–H groups in total. The fourth-order valence-electron chi connectivity index (χ4n) is 3.47. The highest BCUT2D eigenvalue weighted by Crippen LogP contribution is 2.39. The summed E-state index contributed by atoms with van der Waals surface area (Å²) >= 11 is 0. The Bertz CT molecular complexity index is 736. The Balaban J connectivity index is 1.53. The van der Waals surface area contributed by atoms with E-state index < -0.39 is 0 Å². The number of carbonyl (C=O) groups excluding carboxylic acids is 1. The first-order valence-electron chi connectivity index (χ1n) is 8.48. The second kappa shape index (κ2) is 6.29. The van der Waals surface area contributed by atoms with Gasteiger partial charge in [-0.15, -0.1) is 0 Å². The molecule has 0 atom stereocenters. The number of benzene rings is 2. The van der Waals surface area contributed by atoms with Crippen molar-refractivity contribution in [1.29, 1.82) is 0 Å². The molecule has 124 valence electrons. The molecule has 2 aliphatic heterocycles. The molecule has 1 spiro atoms. The van der Waals surface area contributed by atoms with Gasteiger partial charge in [0.1, 0.15) is 23.7 Å². The Morgan fingerprint density at radius 3 is 2.67 bits per heavy atom. The lowest BCUT2D eigenvalue weighted by atomic mass is 9.83. The first kappa shape index (κ1) is 15.2. The minimum Gasteiger partial charge on any atom is -0.489 e. The van der Waals surface area contributed by atoms with Crippen LogP contribution in [0.3, 0.4) is 0 Å². The zero-order chi connectivity index (χ0) is 16.4. The SMILES string of the molecule is O=C1CC2(CCNCC2)Oc2cc(OCc3ccccc3)ccc21. The smallest absolute Gasteiger partial charge is 0.170 e. The predicted molar refractivity (Wildman–Crippen MR) is 91.6 cm³/mol. The largest absolute Gasteiger partial charge is 0.489 e. The molecule has 4 heteroatoms. The molecule has 4 nitrogen and oxygen atoms in total. The van der Waals surface area contributed by atoms with Gasteiger partial charge < -0.3 is 14.8 Å². The van der Waals surface area contributed by atoms with Crippen LogP contribution in [0.2, 0.25) is 0 Å². The molecule has 2 aromatic rings. The Morgan fingerprint density at radius 1 is 1.08 bits per heavy atom. The summed E-state index contributed by atoms with van der Waals surface area (Å²) < 4.78 is 12.1. The molecule has 0 aromatic heterocycles. The summed E-state index contributed by atoms with van der Waals surface area (Å²) in [6.45, 7) is 2.29. The highest BCUT2D eigenvalue weighted by atomic mass is 16.5. The van der Waals surface area contributed by atoms with Gasteiger partial charge in [-0.25, -0.2) is 0 Å². The van der Waals surface area contributed by atoms with E-state index in [0.29, 0.717) is 24.3 Å². The van der Waals surface area contributed by atoms with Gasteiger partial charge in [0.05, 0.1) is 12.0 Å². The van der Waals surface area contributed by atoms with Gasteiger partial charge in [-0.3, -0.25) is 4.79 Å². The second-order valence-corrected chi connectivity index (χ2v) is 6.57. The molecule has 2 heterocycles. The fourth-order valence-corrected chi connectivity index (χ4v) is 3.47. The number of nitrogens with one attached hydrogen (secondary N) is 1. The maximum Gasteiger partial charge on any atom is 0.170 e. The van der Waals surface area contributed by atoms with Crippen molar-refractivity contribution in [3.05, 3.63) is 59.7 Å². The van der Waals surface area contributed by atoms with E-state index in [0.717, 1.165) is 37.2 Å². The average Bonchev–Trinajstić information content (AvgIpc) is 2.61. The van der Waals surface area contributed by atoms with Crippen molar-refractivity contribution >= 4 is 5.78 Å². The molecule has 4 rings (SSSR count). The van der Waals surface area contributed by atoms with E-state index in [2.05, 4.69) is 5.32 Å². The number of ether oxygens (including phenoxy) is 2. The van der Waals surface area contributed by atoms with Crippen molar-refractivity contribution in [2.75, 3.05) is 13.1 Å². The standard InChI is InChI=1S/C20H21NO3/c22-18-13-20(8-10-21-11-9-20)24-19-12-16(6-7-17(18)19)23-14-15-4-2-1-3-5-15/h1-7,12,21H,8-11,13-14H2. The van der Waals surface area contributed by atoms with Crippen LogP contribution < -0.4 is 14.8 Å². The second-order valence-electron chi connectivity index (χ2n) is 6.57. The molecule has 0 aliphatic carbocycles. The van der Waals surface area contributed by atoms with Crippen LogP contribution in [0.4, 0.5) is 0 Å². The van der Waals surface area contributed by atoms with Crippen LogP contribution in [-0.4, -0.2) is 24.5 Å².